The highest BCUT2D eigenvalue weighted by Crippen LogP contribution is 2.12. The lowest BCUT2D eigenvalue weighted by Crippen LogP contribution is -2.32. The Hall–Kier alpha value is -2.10. The lowest BCUT2D eigenvalue weighted by molar-refractivity contribution is -0.134. The lowest BCUT2D eigenvalue weighted by Gasteiger charge is -2.23. The third kappa shape index (κ3) is 4.23. The van der Waals surface area contributed by atoms with Crippen molar-refractivity contribution in [3.05, 3.63) is 47.0 Å². The van der Waals surface area contributed by atoms with Gasteiger partial charge in [-0.05, 0) is 25.8 Å². The molecule has 1 amide bonds. The molecule has 0 fully saturated rings. The molecule has 0 aliphatic heterocycles. The van der Waals surface area contributed by atoms with Crippen LogP contribution < -0.4 is 0 Å². The molecule has 0 aliphatic rings. The first-order chi connectivity index (χ1) is 9.47. The van der Waals surface area contributed by atoms with Crippen molar-refractivity contribution in [3.63, 3.8) is 0 Å². The Kier molecular flexibility index (Phi) is 5.97. The van der Waals surface area contributed by atoms with Crippen molar-refractivity contribution in [2.75, 3.05) is 6.54 Å². The second-order valence-corrected chi connectivity index (χ2v) is 4.77. The molecular weight excluding hydrogens is 254 g/mol. The molecule has 0 unspecified atom stereocenters. The summed E-state index contributed by atoms with van der Waals surface area (Å²) in [6.07, 6.45) is 0.831. The normalized spacial score (nSPS) is 11.8. The van der Waals surface area contributed by atoms with E-state index in [9.17, 15) is 9.59 Å². The van der Waals surface area contributed by atoms with Crippen LogP contribution in [0.2, 0.25) is 0 Å². The SMILES string of the molecule is CCCN(Cc1ccccc1)C(=O)C(C)=C(C)C(=O)O. The number of carbonyl (C=O) groups is 2. The standard InChI is InChI=1S/C16H21NO3/c1-4-10-17(11-14-8-6-5-7-9-14)15(18)12(2)13(3)16(19)20/h5-9H,4,10-11H2,1-3H3,(H,19,20). The highest BCUT2D eigenvalue weighted by molar-refractivity contribution is 6.01. The van der Waals surface area contributed by atoms with E-state index in [1.807, 2.05) is 37.3 Å². The van der Waals surface area contributed by atoms with Crippen molar-refractivity contribution in [1.29, 1.82) is 0 Å². The van der Waals surface area contributed by atoms with Gasteiger partial charge in [0, 0.05) is 24.2 Å². The summed E-state index contributed by atoms with van der Waals surface area (Å²) in [7, 11) is 0. The fourth-order valence-electron chi connectivity index (χ4n) is 1.88. The van der Waals surface area contributed by atoms with Gasteiger partial charge in [0.1, 0.15) is 0 Å². The number of amides is 1. The summed E-state index contributed by atoms with van der Waals surface area (Å²) in [5, 5.41) is 8.97. The minimum Gasteiger partial charge on any atom is -0.478 e. The van der Waals surface area contributed by atoms with E-state index in [0.717, 1.165) is 12.0 Å². The lowest BCUT2D eigenvalue weighted by atomic mass is 10.1. The zero-order valence-corrected chi connectivity index (χ0v) is 12.2. The van der Waals surface area contributed by atoms with Gasteiger partial charge in [-0.1, -0.05) is 37.3 Å². The molecule has 20 heavy (non-hydrogen) atoms. The van der Waals surface area contributed by atoms with Gasteiger partial charge in [-0.3, -0.25) is 4.79 Å². The summed E-state index contributed by atoms with van der Waals surface area (Å²) in [6.45, 7) is 6.13. The van der Waals surface area contributed by atoms with E-state index >= 15 is 0 Å². The number of aliphatic carboxylic acids is 1. The molecule has 0 saturated carbocycles. The number of carboxylic acids is 1. The molecule has 0 aliphatic carbocycles. The molecule has 0 saturated heterocycles. The van der Waals surface area contributed by atoms with Gasteiger partial charge in [0.2, 0.25) is 5.91 Å². The fourth-order valence-corrected chi connectivity index (χ4v) is 1.88. The van der Waals surface area contributed by atoms with Crippen LogP contribution in [0.15, 0.2) is 41.5 Å². The van der Waals surface area contributed by atoms with Gasteiger partial charge in [-0.15, -0.1) is 0 Å². The van der Waals surface area contributed by atoms with E-state index < -0.39 is 5.97 Å². The Morgan fingerprint density at radius 1 is 1.10 bits per heavy atom. The van der Waals surface area contributed by atoms with E-state index in [4.69, 9.17) is 5.11 Å². The van der Waals surface area contributed by atoms with Gasteiger partial charge in [-0.25, -0.2) is 4.79 Å². The largest absolute Gasteiger partial charge is 0.478 e. The molecule has 1 aromatic rings. The Bertz CT molecular complexity index is 506. The molecule has 0 spiro atoms. The molecule has 0 bridgehead atoms. The van der Waals surface area contributed by atoms with Crippen LogP contribution in [0, 0.1) is 0 Å². The van der Waals surface area contributed by atoms with Crippen LogP contribution in [0.25, 0.3) is 0 Å². The predicted octanol–water partition coefficient (Wildman–Crippen LogP) is 2.85. The zero-order valence-electron chi connectivity index (χ0n) is 12.2. The van der Waals surface area contributed by atoms with E-state index in [1.165, 1.54) is 6.92 Å². The van der Waals surface area contributed by atoms with Crippen molar-refractivity contribution >= 4 is 11.9 Å². The first kappa shape index (κ1) is 16.0. The summed E-state index contributed by atoms with van der Waals surface area (Å²) >= 11 is 0. The van der Waals surface area contributed by atoms with Crippen LogP contribution in [0.1, 0.15) is 32.8 Å². The minimum absolute atomic E-state index is 0.101. The molecule has 0 heterocycles. The van der Waals surface area contributed by atoms with Crippen molar-refractivity contribution in [1.82, 2.24) is 4.90 Å². The van der Waals surface area contributed by atoms with Crippen molar-refractivity contribution in [3.8, 4) is 0 Å². The molecule has 4 nitrogen and oxygen atoms in total. The molecule has 0 aromatic heterocycles. The molecule has 4 heteroatoms. The number of carbonyl (C=O) groups excluding carboxylic acids is 1. The Labute approximate surface area is 119 Å². The number of carboxylic acid groups (broad SMARTS) is 1. The van der Waals surface area contributed by atoms with Gasteiger partial charge in [-0.2, -0.15) is 0 Å². The summed E-state index contributed by atoms with van der Waals surface area (Å²) in [4.78, 5) is 25.0. The number of rotatable bonds is 6. The zero-order chi connectivity index (χ0) is 15.1. The summed E-state index contributed by atoms with van der Waals surface area (Å²) < 4.78 is 0. The van der Waals surface area contributed by atoms with Crippen LogP contribution >= 0.6 is 0 Å². The average molecular weight is 275 g/mol. The van der Waals surface area contributed by atoms with E-state index in [-0.39, 0.29) is 11.5 Å². The molecule has 108 valence electrons. The quantitative estimate of drug-likeness (QED) is 0.812. The maximum absolute atomic E-state index is 12.4. The molecule has 0 radical (unpaired) electrons. The highest BCUT2D eigenvalue weighted by atomic mass is 16.4. The van der Waals surface area contributed by atoms with Crippen molar-refractivity contribution in [2.45, 2.75) is 33.7 Å². The second-order valence-electron chi connectivity index (χ2n) is 4.77. The Balaban J connectivity index is 2.94. The summed E-state index contributed by atoms with van der Waals surface area (Å²) in [5.41, 5.74) is 1.43. The van der Waals surface area contributed by atoms with E-state index in [2.05, 4.69) is 0 Å². The number of hydrogen-bond acceptors (Lipinski definition) is 2. The van der Waals surface area contributed by atoms with Gasteiger partial charge < -0.3 is 10.0 Å². The number of nitrogens with zero attached hydrogens (tertiary/aromatic N) is 1. The van der Waals surface area contributed by atoms with Crippen LogP contribution in [-0.2, 0) is 16.1 Å². The van der Waals surface area contributed by atoms with Crippen molar-refractivity contribution < 1.29 is 14.7 Å². The third-order valence-electron chi connectivity index (χ3n) is 3.20. The van der Waals surface area contributed by atoms with Crippen LogP contribution in [-0.4, -0.2) is 28.4 Å². The topological polar surface area (TPSA) is 57.6 Å². The predicted molar refractivity (Wildman–Crippen MR) is 78.2 cm³/mol. The first-order valence-corrected chi connectivity index (χ1v) is 6.71. The van der Waals surface area contributed by atoms with Crippen LogP contribution in [0.5, 0.6) is 0 Å². The molecular formula is C16H21NO3. The van der Waals surface area contributed by atoms with Crippen molar-refractivity contribution in [2.24, 2.45) is 0 Å². The molecule has 1 aromatic carbocycles. The average Bonchev–Trinajstić information content (AvgIpc) is 2.45. The highest BCUT2D eigenvalue weighted by Gasteiger charge is 2.19. The summed E-state index contributed by atoms with van der Waals surface area (Å²) in [6, 6.07) is 9.69. The molecule has 0 atom stereocenters. The van der Waals surface area contributed by atoms with Gasteiger partial charge in [0.05, 0.1) is 0 Å². The van der Waals surface area contributed by atoms with E-state index in [0.29, 0.717) is 18.7 Å². The van der Waals surface area contributed by atoms with Gasteiger partial charge in [0.25, 0.3) is 0 Å². The second kappa shape index (κ2) is 7.48. The number of hydrogen-bond donors (Lipinski definition) is 1. The van der Waals surface area contributed by atoms with Crippen LogP contribution in [0.3, 0.4) is 0 Å². The first-order valence-electron chi connectivity index (χ1n) is 6.71. The summed E-state index contributed by atoms with van der Waals surface area (Å²) in [5.74, 6) is -1.26. The minimum atomic E-state index is -1.05. The third-order valence-corrected chi connectivity index (χ3v) is 3.20. The van der Waals surface area contributed by atoms with E-state index in [1.54, 1.807) is 11.8 Å². The smallest absolute Gasteiger partial charge is 0.331 e. The number of benzene rings is 1. The van der Waals surface area contributed by atoms with Crippen LogP contribution in [0.4, 0.5) is 0 Å². The Morgan fingerprint density at radius 2 is 1.70 bits per heavy atom. The maximum atomic E-state index is 12.4. The monoisotopic (exact) mass is 275 g/mol. The Morgan fingerprint density at radius 3 is 2.20 bits per heavy atom. The molecule has 1 rings (SSSR count). The molecule has 1 N–H and O–H groups in total. The maximum Gasteiger partial charge on any atom is 0.331 e. The fraction of sp³-hybridized carbons (Fsp3) is 0.375. The van der Waals surface area contributed by atoms with Gasteiger partial charge in [0.15, 0.2) is 0 Å². The van der Waals surface area contributed by atoms with Gasteiger partial charge >= 0.3 is 5.97 Å².